The first kappa shape index (κ1) is 18.0. The molecule has 0 aliphatic heterocycles. The van der Waals surface area contributed by atoms with Crippen LogP contribution in [0, 0.1) is 0 Å². The molecule has 0 aliphatic rings. The standard InChI is InChI=1S/4ClH.Ir.2K/h4*1H;;;/q;;;;+2;2*+1/p-4. The van der Waals surface area contributed by atoms with E-state index >= 15 is 0 Å². The largest absolute Gasteiger partial charge is 1.00 e. The molecule has 0 aliphatic carbocycles. The maximum absolute atomic E-state index is 5.01. The van der Waals surface area contributed by atoms with Gasteiger partial charge in [-0.2, -0.15) is 0 Å². The molecule has 0 bridgehead atoms. The van der Waals surface area contributed by atoms with Gasteiger partial charge in [0.2, 0.25) is 0 Å². The number of hydrogen-bond acceptors (Lipinski definition) is 0. The van der Waals surface area contributed by atoms with Gasteiger partial charge in [0, 0.05) is 0 Å². The Balaban J connectivity index is -0.0000000800. The predicted octanol–water partition coefficient (Wildman–Crippen LogP) is -3.24. The van der Waals surface area contributed by atoms with Gasteiger partial charge in [-0.25, -0.2) is 0 Å². The van der Waals surface area contributed by atoms with Crippen molar-refractivity contribution in [1.29, 1.82) is 0 Å². The molecule has 0 fully saturated rings. The third-order valence-electron chi connectivity index (χ3n) is 0. The molecular weight excluding hydrogens is 412 g/mol. The fourth-order valence-corrected chi connectivity index (χ4v) is 0. The van der Waals surface area contributed by atoms with Crippen molar-refractivity contribution in [2.75, 3.05) is 0 Å². The van der Waals surface area contributed by atoms with E-state index in [9.17, 15) is 0 Å². The second kappa shape index (κ2) is 9.17. The van der Waals surface area contributed by atoms with Gasteiger partial charge >= 0.3 is 152 Å². The summed E-state index contributed by atoms with van der Waals surface area (Å²) >= 11 is -3.11. The predicted molar refractivity (Wildman–Crippen MR) is 23.4 cm³/mol. The van der Waals surface area contributed by atoms with Crippen LogP contribution in [0.15, 0.2) is 0 Å². The average Bonchev–Trinajstić information content (AvgIpc) is 0.722. The molecule has 7 heavy (non-hydrogen) atoms. The van der Waals surface area contributed by atoms with E-state index in [0.29, 0.717) is 0 Å². The number of hydrogen-bond donors (Lipinski definition) is 0. The molecule has 0 aromatic carbocycles. The van der Waals surface area contributed by atoms with Gasteiger partial charge < -0.3 is 0 Å². The van der Waals surface area contributed by atoms with Gasteiger partial charge in [0.05, 0.1) is 0 Å². The van der Waals surface area contributed by atoms with Crippen LogP contribution in [0.25, 0.3) is 0 Å². The first-order valence-electron chi connectivity index (χ1n) is 0.504. The van der Waals surface area contributed by atoms with E-state index in [0.717, 1.165) is 0 Å². The third-order valence-corrected chi connectivity index (χ3v) is 0. The summed E-state index contributed by atoms with van der Waals surface area (Å²) in [6, 6.07) is 0. The Hall–Kier alpha value is 5.08. The average molecular weight is 412 g/mol. The summed E-state index contributed by atoms with van der Waals surface area (Å²) < 4.78 is 0. The van der Waals surface area contributed by atoms with E-state index in [1.54, 1.807) is 0 Å². The summed E-state index contributed by atoms with van der Waals surface area (Å²) in [6.45, 7) is 0. The normalized spacial score (nSPS) is 10.9. The molecule has 0 amide bonds. The van der Waals surface area contributed by atoms with Crippen LogP contribution in [0.3, 0.4) is 0 Å². The van der Waals surface area contributed by atoms with Crippen molar-refractivity contribution in [3.8, 4) is 0 Å². The molecule has 0 saturated heterocycles. The Kier molecular flexibility index (Phi) is 23.6. The van der Waals surface area contributed by atoms with E-state index in [2.05, 4.69) is 0 Å². The zero-order chi connectivity index (χ0) is 4.50. The molecule has 0 aromatic heterocycles. The Morgan fingerprint density at radius 3 is 0.714 bits per heavy atom. The Labute approximate surface area is 147 Å². The quantitative estimate of drug-likeness (QED) is 0.367. The van der Waals surface area contributed by atoms with Crippen LogP contribution in [0.4, 0.5) is 0 Å². The molecular formula is Cl4IrK2. The van der Waals surface area contributed by atoms with Crippen LogP contribution in [0.1, 0.15) is 0 Å². The van der Waals surface area contributed by atoms with Crippen molar-refractivity contribution < 1.29 is 114 Å². The number of halogens is 4. The van der Waals surface area contributed by atoms with Gasteiger partial charge in [-0.1, -0.05) is 0 Å². The molecule has 0 nitrogen and oxygen atoms in total. The van der Waals surface area contributed by atoms with Crippen molar-refractivity contribution in [2.45, 2.75) is 0 Å². The van der Waals surface area contributed by atoms with Gasteiger partial charge in [0.25, 0.3) is 0 Å². The third kappa shape index (κ3) is 35.4. The molecule has 0 atom stereocenters. The molecule has 0 spiro atoms. The first-order chi connectivity index (χ1) is 2.00. The van der Waals surface area contributed by atoms with Crippen LogP contribution < -0.4 is 103 Å². The van der Waals surface area contributed by atoms with E-state index in [1.807, 2.05) is 0 Å². The monoisotopic (exact) mass is 411 g/mol. The minimum absolute atomic E-state index is 0. The summed E-state index contributed by atoms with van der Waals surface area (Å²) in [4.78, 5) is 0. The topological polar surface area (TPSA) is 0 Å². The Morgan fingerprint density at radius 2 is 0.714 bits per heavy atom. The van der Waals surface area contributed by atoms with Crippen molar-refractivity contribution in [2.24, 2.45) is 0 Å². The molecule has 0 rings (SSSR count). The van der Waals surface area contributed by atoms with Gasteiger partial charge in [0.1, 0.15) is 0 Å². The van der Waals surface area contributed by atoms with E-state index in [1.165, 1.54) is 0 Å². The molecule has 0 aromatic rings. The minimum atomic E-state index is -3.11. The van der Waals surface area contributed by atoms with Crippen molar-refractivity contribution in [3.63, 3.8) is 0 Å². The molecule has 39 valence electrons. The molecule has 0 radical (unpaired) electrons. The fraction of sp³-hybridized carbons (Fsp3) is 0. The van der Waals surface area contributed by atoms with Crippen LogP contribution in [0.5, 0.6) is 0 Å². The van der Waals surface area contributed by atoms with Crippen LogP contribution in [0.2, 0.25) is 0 Å². The van der Waals surface area contributed by atoms with Crippen LogP contribution in [-0.4, -0.2) is 0 Å². The van der Waals surface area contributed by atoms with Crippen LogP contribution in [-0.2, 0) is 11.2 Å². The summed E-state index contributed by atoms with van der Waals surface area (Å²) in [7, 11) is 20.1. The first-order valence-corrected chi connectivity index (χ1v) is 12.4. The molecule has 0 saturated carbocycles. The van der Waals surface area contributed by atoms with Crippen LogP contribution >= 0.6 is 38.3 Å². The zero-order valence-electron chi connectivity index (χ0n) is 3.85. The van der Waals surface area contributed by atoms with E-state index in [-0.39, 0.29) is 103 Å². The second-order valence-electron chi connectivity index (χ2n) is 0.286. The van der Waals surface area contributed by atoms with Gasteiger partial charge in [-0.15, -0.1) is 0 Å². The zero-order valence-corrected chi connectivity index (χ0v) is 15.5. The Morgan fingerprint density at radius 1 is 0.714 bits per heavy atom. The van der Waals surface area contributed by atoms with Gasteiger partial charge in [0.15, 0.2) is 0 Å². The van der Waals surface area contributed by atoms with Gasteiger partial charge in [-0.05, 0) is 0 Å². The molecule has 0 unspecified atom stereocenters. The summed E-state index contributed by atoms with van der Waals surface area (Å²) in [6.07, 6.45) is 0. The maximum atomic E-state index is 5.01. The molecule has 0 N–H and O–H groups in total. The van der Waals surface area contributed by atoms with Crippen molar-refractivity contribution in [1.82, 2.24) is 0 Å². The minimum Gasteiger partial charge on any atom is 1.00 e. The smallest absolute Gasteiger partial charge is 1.00 e. The van der Waals surface area contributed by atoms with Crippen molar-refractivity contribution in [3.05, 3.63) is 0 Å². The summed E-state index contributed by atoms with van der Waals surface area (Å²) in [5.74, 6) is 0. The fourth-order valence-electron chi connectivity index (χ4n) is 0. The maximum Gasteiger partial charge on any atom is 1.00 e. The SMILES string of the molecule is [Cl][Ir-2]([Cl])([Cl])[Cl].[K+].[K+]. The van der Waals surface area contributed by atoms with Gasteiger partial charge in [-0.3, -0.25) is 0 Å². The number of rotatable bonds is 0. The summed E-state index contributed by atoms with van der Waals surface area (Å²) in [5, 5.41) is 0. The Bertz CT molecular complexity index is 25.2. The van der Waals surface area contributed by atoms with E-state index < -0.39 is 11.2 Å². The molecule has 0 heterocycles. The van der Waals surface area contributed by atoms with Crippen molar-refractivity contribution >= 4 is 38.3 Å². The molecule has 7 heteroatoms. The van der Waals surface area contributed by atoms with E-state index in [4.69, 9.17) is 38.3 Å². The summed E-state index contributed by atoms with van der Waals surface area (Å²) in [5.41, 5.74) is 0. The second-order valence-corrected chi connectivity index (χ2v) is 21.0.